The van der Waals surface area contributed by atoms with Gasteiger partial charge in [0.15, 0.2) is 0 Å². The molecule has 0 unspecified atom stereocenters. The number of para-hydroxylation sites is 1. The highest BCUT2D eigenvalue weighted by molar-refractivity contribution is 5.92. The van der Waals surface area contributed by atoms with E-state index in [1.54, 1.807) is 7.11 Å². The van der Waals surface area contributed by atoms with Crippen LogP contribution in [0.4, 0.5) is 17.1 Å². The molecule has 0 aliphatic carbocycles. The molecular formula is C20H25N3O2. The third kappa shape index (κ3) is 4.24. The lowest BCUT2D eigenvalue weighted by atomic mass is 10.0. The standard InChI is InChI=1S/C20H25N3O2/c1-15(24)22-18-10-9-17(25-2)14-19(18)21-11-13-23-12-5-7-16-6-3-4-8-20(16)23/h3-4,6,8-10,14,21H,5,7,11-13H2,1-2H3,(H,22,24). The number of fused-ring (bicyclic) bond motifs is 1. The predicted octanol–water partition coefficient (Wildman–Crippen LogP) is 3.52. The van der Waals surface area contributed by atoms with E-state index in [0.29, 0.717) is 0 Å². The maximum Gasteiger partial charge on any atom is 0.221 e. The summed E-state index contributed by atoms with van der Waals surface area (Å²) in [6.07, 6.45) is 2.34. The Balaban J connectivity index is 1.67. The monoisotopic (exact) mass is 339 g/mol. The number of nitrogens with one attached hydrogen (secondary N) is 2. The average molecular weight is 339 g/mol. The first kappa shape index (κ1) is 17.1. The van der Waals surface area contributed by atoms with Crippen LogP contribution in [-0.2, 0) is 11.2 Å². The van der Waals surface area contributed by atoms with Gasteiger partial charge >= 0.3 is 0 Å². The highest BCUT2D eigenvalue weighted by Crippen LogP contribution is 2.28. The van der Waals surface area contributed by atoms with Crippen molar-refractivity contribution in [2.45, 2.75) is 19.8 Å². The number of benzene rings is 2. The zero-order valence-electron chi connectivity index (χ0n) is 14.8. The maximum atomic E-state index is 11.4. The molecule has 1 aliphatic rings. The van der Waals surface area contributed by atoms with Gasteiger partial charge in [-0.15, -0.1) is 0 Å². The summed E-state index contributed by atoms with van der Waals surface area (Å²) in [4.78, 5) is 13.8. The zero-order chi connectivity index (χ0) is 17.6. The summed E-state index contributed by atoms with van der Waals surface area (Å²) in [6.45, 7) is 4.29. The van der Waals surface area contributed by atoms with Gasteiger partial charge in [-0.05, 0) is 36.6 Å². The molecule has 0 aromatic heterocycles. The van der Waals surface area contributed by atoms with Crippen molar-refractivity contribution in [2.75, 3.05) is 42.3 Å². The summed E-state index contributed by atoms with van der Waals surface area (Å²) in [5.41, 5.74) is 4.41. The summed E-state index contributed by atoms with van der Waals surface area (Å²) >= 11 is 0. The summed E-state index contributed by atoms with van der Waals surface area (Å²) in [5, 5.41) is 6.29. The van der Waals surface area contributed by atoms with E-state index in [0.717, 1.165) is 43.2 Å². The Kier molecular flexibility index (Phi) is 5.43. The summed E-state index contributed by atoms with van der Waals surface area (Å²) in [6, 6.07) is 14.2. The number of ether oxygens (including phenoxy) is 1. The molecular weight excluding hydrogens is 314 g/mol. The molecule has 1 aliphatic heterocycles. The van der Waals surface area contributed by atoms with Gasteiger partial charge in [0.25, 0.3) is 0 Å². The van der Waals surface area contributed by atoms with Gasteiger partial charge in [-0.2, -0.15) is 0 Å². The van der Waals surface area contributed by atoms with Crippen LogP contribution in [0, 0.1) is 0 Å². The third-order valence-corrected chi connectivity index (χ3v) is 4.44. The molecule has 0 saturated carbocycles. The number of nitrogens with zero attached hydrogens (tertiary/aromatic N) is 1. The minimum absolute atomic E-state index is 0.0850. The summed E-state index contributed by atoms with van der Waals surface area (Å²) in [5.74, 6) is 0.679. The Morgan fingerprint density at radius 2 is 2.04 bits per heavy atom. The van der Waals surface area contributed by atoms with Gasteiger partial charge in [0.1, 0.15) is 5.75 Å². The molecule has 1 amide bonds. The molecule has 0 atom stereocenters. The number of carbonyl (C=O) groups excluding carboxylic acids is 1. The third-order valence-electron chi connectivity index (χ3n) is 4.44. The molecule has 3 rings (SSSR count). The fraction of sp³-hybridized carbons (Fsp3) is 0.350. The highest BCUT2D eigenvalue weighted by Gasteiger charge is 2.15. The van der Waals surface area contributed by atoms with Crippen LogP contribution in [0.1, 0.15) is 18.9 Å². The molecule has 0 spiro atoms. The number of anilines is 3. The van der Waals surface area contributed by atoms with Crippen LogP contribution in [0.5, 0.6) is 5.75 Å². The number of rotatable bonds is 6. The number of hydrogen-bond donors (Lipinski definition) is 2. The first-order chi connectivity index (χ1) is 12.2. The van der Waals surface area contributed by atoms with Gasteiger partial charge in [-0.3, -0.25) is 4.79 Å². The van der Waals surface area contributed by atoms with Crippen molar-refractivity contribution in [1.29, 1.82) is 0 Å². The van der Waals surface area contributed by atoms with Crippen molar-refractivity contribution in [3.8, 4) is 5.75 Å². The highest BCUT2D eigenvalue weighted by atomic mass is 16.5. The number of hydrogen-bond acceptors (Lipinski definition) is 4. The minimum atomic E-state index is -0.0850. The molecule has 0 bridgehead atoms. The van der Waals surface area contributed by atoms with Crippen molar-refractivity contribution in [3.63, 3.8) is 0 Å². The molecule has 132 valence electrons. The van der Waals surface area contributed by atoms with Gasteiger partial charge in [0.05, 0.1) is 18.5 Å². The fourth-order valence-corrected chi connectivity index (χ4v) is 3.26. The van der Waals surface area contributed by atoms with E-state index in [2.05, 4.69) is 39.8 Å². The fourth-order valence-electron chi connectivity index (χ4n) is 3.26. The SMILES string of the molecule is COc1ccc(NC(C)=O)c(NCCN2CCCc3ccccc32)c1. The molecule has 0 radical (unpaired) electrons. The second kappa shape index (κ2) is 7.92. The Labute approximate surface area is 149 Å². The molecule has 25 heavy (non-hydrogen) atoms. The van der Waals surface area contributed by atoms with E-state index >= 15 is 0 Å². The van der Waals surface area contributed by atoms with E-state index in [1.807, 2.05) is 18.2 Å². The van der Waals surface area contributed by atoms with E-state index in [-0.39, 0.29) is 5.91 Å². The molecule has 5 heteroatoms. The molecule has 2 aromatic rings. The lowest BCUT2D eigenvalue weighted by molar-refractivity contribution is -0.114. The van der Waals surface area contributed by atoms with Crippen LogP contribution < -0.4 is 20.3 Å². The van der Waals surface area contributed by atoms with Gasteiger partial charge in [-0.1, -0.05) is 18.2 Å². The quantitative estimate of drug-likeness (QED) is 0.845. The first-order valence-corrected chi connectivity index (χ1v) is 8.70. The van der Waals surface area contributed by atoms with Crippen LogP contribution in [0.25, 0.3) is 0 Å². The van der Waals surface area contributed by atoms with Crippen molar-refractivity contribution < 1.29 is 9.53 Å². The van der Waals surface area contributed by atoms with Gasteiger partial charge in [-0.25, -0.2) is 0 Å². The van der Waals surface area contributed by atoms with E-state index < -0.39 is 0 Å². The largest absolute Gasteiger partial charge is 0.497 e. The van der Waals surface area contributed by atoms with Gasteiger partial charge in [0, 0.05) is 38.3 Å². The molecule has 2 aromatic carbocycles. The van der Waals surface area contributed by atoms with Crippen molar-refractivity contribution in [3.05, 3.63) is 48.0 Å². The van der Waals surface area contributed by atoms with E-state index in [1.165, 1.54) is 24.6 Å². The molecule has 0 fully saturated rings. The normalized spacial score (nSPS) is 13.1. The second-order valence-electron chi connectivity index (χ2n) is 6.24. The maximum absolute atomic E-state index is 11.4. The lowest BCUT2D eigenvalue weighted by Crippen LogP contribution is -2.33. The van der Waals surface area contributed by atoms with Crippen LogP contribution in [0.15, 0.2) is 42.5 Å². The Hall–Kier alpha value is -2.69. The molecule has 0 saturated heterocycles. The number of aryl methyl sites for hydroxylation is 1. The van der Waals surface area contributed by atoms with Gasteiger partial charge in [0.2, 0.25) is 5.91 Å². The van der Waals surface area contributed by atoms with Crippen LogP contribution >= 0.6 is 0 Å². The van der Waals surface area contributed by atoms with Crippen LogP contribution in [0.3, 0.4) is 0 Å². The Morgan fingerprint density at radius 3 is 2.84 bits per heavy atom. The van der Waals surface area contributed by atoms with Gasteiger partial charge < -0.3 is 20.3 Å². The summed E-state index contributed by atoms with van der Waals surface area (Å²) in [7, 11) is 1.64. The smallest absolute Gasteiger partial charge is 0.221 e. The van der Waals surface area contributed by atoms with Crippen molar-refractivity contribution in [1.82, 2.24) is 0 Å². The predicted molar refractivity (Wildman–Crippen MR) is 103 cm³/mol. The average Bonchev–Trinajstić information content (AvgIpc) is 2.62. The number of amides is 1. The first-order valence-electron chi connectivity index (χ1n) is 8.70. The molecule has 2 N–H and O–H groups in total. The zero-order valence-corrected chi connectivity index (χ0v) is 14.8. The Bertz CT molecular complexity index is 745. The number of carbonyl (C=O) groups is 1. The van der Waals surface area contributed by atoms with E-state index in [4.69, 9.17) is 4.74 Å². The molecule has 5 nitrogen and oxygen atoms in total. The van der Waals surface area contributed by atoms with Crippen LogP contribution in [-0.4, -0.2) is 32.7 Å². The van der Waals surface area contributed by atoms with Crippen LogP contribution in [0.2, 0.25) is 0 Å². The topological polar surface area (TPSA) is 53.6 Å². The number of methoxy groups -OCH3 is 1. The minimum Gasteiger partial charge on any atom is -0.497 e. The molecule has 1 heterocycles. The lowest BCUT2D eigenvalue weighted by Gasteiger charge is -2.31. The van der Waals surface area contributed by atoms with E-state index in [9.17, 15) is 4.79 Å². The van der Waals surface area contributed by atoms with Crippen molar-refractivity contribution >= 4 is 23.0 Å². The second-order valence-corrected chi connectivity index (χ2v) is 6.24. The Morgan fingerprint density at radius 1 is 1.20 bits per heavy atom. The van der Waals surface area contributed by atoms with Crippen molar-refractivity contribution in [2.24, 2.45) is 0 Å². The summed E-state index contributed by atoms with van der Waals surface area (Å²) < 4.78 is 5.29.